The van der Waals surface area contributed by atoms with E-state index in [1.807, 2.05) is 7.05 Å². The summed E-state index contributed by atoms with van der Waals surface area (Å²) in [6.07, 6.45) is 8.87. The van der Waals surface area contributed by atoms with Crippen LogP contribution in [-0.2, 0) is 11.3 Å². The van der Waals surface area contributed by atoms with Gasteiger partial charge in [-0.3, -0.25) is 0 Å². The average molecular weight is 369 g/mol. The van der Waals surface area contributed by atoms with E-state index in [9.17, 15) is 4.79 Å². The Bertz CT molecular complexity index is 628. The number of carbonyl (C=O) groups excluding carboxylic acids is 1. The van der Waals surface area contributed by atoms with Gasteiger partial charge in [0.15, 0.2) is 0 Å². The lowest BCUT2D eigenvalue weighted by Crippen LogP contribution is -2.25. The lowest BCUT2D eigenvalue weighted by Gasteiger charge is -2.18. The predicted molar refractivity (Wildman–Crippen MR) is 117 cm³/mol. The summed E-state index contributed by atoms with van der Waals surface area (Å²) < 4.78 is 0. The molecule has 0 fully saturated rings. The molecular weight excluding hydrogens is 332 g/mol. The van der Waals surface area contributed by atoms with Crippen LogP contribution in [0, 0.1) is 6.92 Å². The molecule has 1 aromatic rings. The summed E-state index contributed by atoms with van der Waals surface area (Å²) in [5.41, 5.74) is 5.66. The molecular formula is C24H36N2O. The van der Waals surface area contributed by atoms with Crippen molar-refractivity contribution in [3.8, 4) is 0 Å². The van der Waals surface area contributed by atoms with E-state index in [4.69, 9.17) is 0 Å². The number of aldehydes is 1. The number of aryl methyl sites for hydroxylation is 1. The summed E-state index contributed by atoms with van der Waals surface area (Å²) in [6, 6.07) is 8.92. The van der Waals surface area contributed by atoms with Crippen molar-refractivity contribution in [1.29, 1.82) is 0 Å². The highest BCUT2D eigenvalue weighted by atomic mass is 16.1. The summed E-state index contributed by atoms with van der Waals surface area (Å²) in [4.78, 5) is 10.6. The molecule has 1 unspecified atom stereocenters. The molecule has 0 radical (unpaired) electrons. The van der Waals surface area contributed by atoms with Crippen molar-refractivity contribution in [2.45, 2.75) is 65.0 Å². The number of rotatable bonds is 14. The zero-order valence-electron chi connectivity index (χ0n) is 17.3. The number of nitrogens with one attached hydrogen (secondary N) is 2. The van der Waals surface area contributed by atoms with Crippen LogP contribution in [0.3, 0.4) is 0 Å². The lowest BCUT2D eigenvalue weighted by molar-refractivity contribution is -0.108. The van der Waals surface area contributed by atoms with Gasteiger partial charge in [0.2, 0.25) is 0 Å². The molecule has 3 heteroatoms. The van der Waals surface area contributed by atoms with Gasteiger partial charge in [0, 0.05) is 24.7 Å². The minimum Gasteiger partial charge on any atom is -0.381 e. The molecule has 0 heterocycles. The number of hydrogen-bond donors (Lipinski definition) is 2. The normalized spacial score (nSPS) is 12.5. The van der Waals surface area contributed by atoms with E-state index in [-0.39, 0.29) is 0 Å². The molecule has 0 bridgehead atoms. The maximum Gasteiger partial charge on any atom is 0.120 e. The topological polar surface area (TPSA) is 41.1 Å². The molecule has 1 aromatic carbocycles. The Morgan fingerprint density at radius 2 is 1.89 bits per heavy atom. The first-order valence-electron chi connectivity index (χ1n) is 9.99. The minimum atomic E-state index is 0.397. The molecule has 0 saturated carbocycles. The van der Waals surface area contributed by atoms with E-state index in [0.717, 1.165) is 56.2 Å². The van der Waals surface area contributed by atoms with Crippen LogP contribution in [0.15, 0.2) is 60.3 Å². The summed E-state index contributed by atoms with van der Waals surface area (Å²) in [7, 11) is 1.97. The van der Waals surface area contributed by atoms with Gasteiger partial charge in [-0.05, 0) is 62.8 Å². The third kappa shape index (κ3) is 8.87. The molecule has 0 aliphatic heterocycles. The Morgan fingerprint density at radius 1 is 1.19 bits per heavy atom. The highest BCUT2D eigenvalue weighted by Gasteiger charge is 2.10. The van der Waals surface area contributed by atoms with Crippen LogP contribution in [-0.4, -0.2) is 19.4 Å². The van der Waals surface area contributed by atoms with E-state index in [2.05, 4.69) is 68.0 Å². The van der Waals surface area contributed by atoms with Crippen molar-refractivity contribution in [3.05, 3.63) is 71.5 Å². The molecule has 1 atom stereocenters. The van der Waals surface area contributed by atoms with Crippen LogP contribution in [0.2, 0.25) is 0 Å². The zero-order valence-corrected chi connectivity index (χ0v) is 17.3. The fraction of sp³-hybridized carbons (Fsp3) is 0.458. The Labute approximate surface area is 165 Å². The van der Waals surface area contributed by atoms with Crippen molar-refractivity contribution in [1.82, 2.24) is 10.6 Å². The SMILES string of the molecule is C=C(NCc1ccc(C)cc1)C(=C)C(=CCC)CCCC(CCC=O)NC. The van der Waals surface area contributed by atoms with E-state index in [1.165, 1.54) is 16.7 Å². The van der Waals surface area contributed by atoms with E-state index >= 15 is 0 Å². The van der Waals surface area contributed by atoms with Gasteiger partial charge in [-0.1, -0.05) is 56.0 Å². The van der Waals surface area contributed by atoms with Gasteiger partial charge in [-0.2, -0.15) is 0 Å². The van der Waals surface area contributed by atoms with Crippen molar-refractivity contribution in [2.24, 2.45) is 0 Å². The summed E-state index contributed by atoms with van der Waals surface area (Å²) in [5.74, 6) is 0. The predicted octanol–water partition coefficient (Wildman–Crippen LogP) is 5.23. The molecule has 0 amide bonds. The van der Waals surface area contributed by atoms with Gasteiger partial charge < -0.3 is 15.4 Å². The van der Waals surface area contributed by atoms with Crippen LogP contribution in [0.4, 0.5) is 0 Å². The van der Waals surface area contributed by atoms with Crippen molar-refractivity contribution < 1.29 is 4.79 Å². The smallest absolute Gasteiger partial charge is 0.120 e. The fourth-order valence-corrected chi connectivity index (χ4v) is 3.08. The minimum absolute atomic E-state index is 0.397. The van der Waals surface area contributed by atoms with Crippen LogP contribution >= 0.6 is 0 Å². The first kappa shape index (κ1) is 22.9. The van der Waals surface area contributed by atoms with Gasteiger partial charge in [-0.25, -0.2) is 0 Å². The molecule has 27 heavy (non-hydrogen) atoms. The Morgan fingerprint density at radius 3 is 2.48 bits per heavy atom. The van der Waals surface area contributed by atoms with Crippen LogP contribution in [0.1, 0.15) is 56.6 Å². The monoisotopic (exact) mass is 368 g/mol. The molecule has 2 N–H and O–H groups in total. The molecule has 0 aliphatic rings. The highest BCUT2D eigenvalue weighted by molar-refractivity contribution is 5.49. The van der Waals surface area contributed by atoms with E-state index in [0.29, 0.717) is 12.5 Å². The third-order valence-corrected chi connectivity index (χ3v) is 4.87. The first-order chi connectivity index (χ1) is 13.0. The van der Waals surface area contributed by atoms with Gasteiger partial charge in [0.05, 0.1) is 0 Å². The third-order valence-electron chi connectivity index (χ3n) is 4.87. The van der Waals surface area contributed by atoms with Crippen LogP contribution in [0.25, 0.3) is 0 Å². The molecule has 1 rings (SSSR count). The molecule has 0 saturated heterocycles. The standard InChI is InChI=1S/C24H36N2O/c1-6-9-23(10-7-11-24(25-5)12-8-17-27)20(3)21(4)26-18-22-15-13-19(2)14-16-22/h9,13-17,24-26H,3-4,6-8,10-12,18H2,1-2,5H3. The van der Waals surface area contributed by atoms with Crippen LogP contribution < -0.4 is 10.6 Å². The van der Waals surface area contributed by atoms with Gasteiger partial charge >= 0.3 is 0 Å². The number of carbonyl (C=O) groups is 1. The first-order valence-corrected chi connectivity index (χ1v) is 9.99. The molecule has 0 aromatic heterocycles. The number of benzene rings is 1. The summed E-state index contributed by atoms with van der Waals surface area (Å²) >= 11 is 0. The van der Waals surface area contributed by atoms with Crippen molar-refractivity contribution in [3.63, 3.8) is 0 Å². The lowest BCUT2D eigenvalue weighted by atomic mass is 9.96. The molecule has 3 nitrogen and oxygen atoms in total. The summed E-state index contributed by atoms with van der Waals surface area (Å²) in [6.45, 7) is 13.5. The van der Waals surface area contributed by atoms with E-state index in [1.54, 1.807) is 0 Å². The fourth-order valence-electron chi connectivity index (χ4n) is 3.08. The second kappa shape index (κ2) is 13.1. The summed E-state index contributed by atoms with van der Waals surface area (Å²) in [5, 5.41) is 6.72. The number of allylic oxidation sites excluding steroid dienone is 2. The largest absolute Gasteiger partial charge is 0.381 e. The molecule has 0 spiro atoms. The van der Waals surface area contributed by atoms with Gasteiger partial charge in [0.1, 0.15) is 6.29 Å². The maximum absolute atomic E-state index is 10.6. The average Bonchev–Trinajstić information content (AvgIpc) is 2.68. The van der Waals surface area contributed by atoms with Crippen LogP contribution in [0.5, 0.6) is 0 Å². The second-order valence-electron chi connectivity index (χ2n) is 7.06. The Balaban J connectivity index is 2.53. The van der Waals surface area contributed by atoms with Crippen molar-refractivity contribution in [2.75, 3.05) is 7.05 Å². The highest BCUT2D eigenvalue weighted by Crippen LogP contribution is 2.22. The quantitative estimate of drug-likeness (QED) is 0.349. The zero-order chi connectivity index (χ0) is 20.1. The molecule has 148 valence electrons. The Hall–Kier alpha value is -2.13. The van der Waals surface area contributed by atoms with Gasteiger partial charge in [0.25, 0.3) is 0 Å². The Kier molecular flexibility index (Phi) is 11.1. The molecule has 0 aliphatic carbocycles. The maximum atomic E-state index is 10.6. The second-order valence-corrected chi connectivity index (χ2v) is 7.06. The van der Waals surface area contributed by atoms with Gasteiger partial charge in [-0.15, -0.1) is 0 Å². The van der Waals surface area contributed by atoms with E-state index < -0.39 is 0 Å². The van der Waals surface area contributed by atoms with Crippen molar-refractivity contribution >= 4 is 6.29 Å². The number of hydrogen-bond acceptors (Lipinski definition) is 3.